The Kier molecular flexibility index (Phi) is 4.06. The zero-order valence-electron chi connectivity index (χ0n) is 9.75. The average Bonchev–Trinajstić information content (AvgIpc) is 2.50. The summed E-state index contributed by atoms with van der Waals surface area (Å²) in [5, 5.41) is 8.57. The van der Waals surface area contributed by atoms with Crippen LogP contribution < -0.4 is 0 Å². The summed E-state index contributed by atoms with van der Waals surface area (Å²) in [6.45, 7) is 0. The fraction of sp³-hybridized carbons (Fsp3) is 0.929. The van der Waals surface area contributed by atoms with Gasteiger partial charge in [0.1, 0.15) is 0 Å². The van der Waals surface area contributed by atoms with Crippen LogP contribution in [0.4, 0.5) is 0 Å². The van der Waals surface area contributed by atoms with E-state index >= 15 is 0 Å². The molecule has 0 aromatic carbocycles. The Morgan fingerprint density at radius 2 is 1.87 bits per heavy atom. The molecular formula is C14H23N. The molecule has 0 unspecified atom stereocenters. The van der Waals surface area contributed by atoms with Crippen molar-refractivity contribution in [3.8, 4) is 6.07 Å². The van der Waals surface area contributed by atoms with E-state index < -0.39 is 0 Å². The lowest BCUT2D eigenvalue weighted by Crippen LogP contribution is -2.13. The van der Waals surface area contributed by atoms with Crippen molar-refractivity contribution >= 4 is 0 Å². The fourth-order valence-corrected chi connectivity index (χ4v) is 3.84. The molecule has 15 heavy (non-hydrogen) atoms. The maximum Gasteiger partial charge on any atom is 0.0621 e. The highest BCUT2D eigenvalue weighted by molar-refractivity contribution is 4.86. The van der Waals surface area contributed by atoms with Crippen LogP contribution in [0.25, 0.3) is 0 Å². The summed E-state index contributed by atoms with van der Waals surface area (Å²) in [6.07, 6.45) is 13.6. The summed E-state index contributed by atoms with van der Waals surface area (Å²) >= 11 is 0. The van der Waals surface area contributed by atoms with E-state index in [4.69, 9.17) is 5.26 Å². The van der Waals surface area contributed by atoms with E-state index in [1.807, 2.05) is 0 Å². The maximum atomic E-state index is 8.57. The molecule has 2 aliphatic carbocycles. The zero-order valence-corrected chi connectivity index (χ0v) is 9.75. The molecule has 3 atom stereocenters. The van der Waals surface area contributed by atoms with Gasteiger partial charge in [-0.15, -0.1) is 0 Å². The third kappa shape index (κ3) is 2.74. The van der Waals surface area contributed by atoms with E-state index in [0.29, 0.717) is 0 Å². The van der Waals surface area contributed by atoms with Gasteiger partial charge < -0.3 is 0 Å². The van der Waals surface area contributed by atoms with Gasteiger partial charge >= 0.3 is 0 Å². The Morgan fingerprint density at radius 1 is 1.00 bits per heavy atom. The number of hydrogen-bond donors (Lipinski definition) is 0. The van der Waals surface area contributed by atoms with Crippen molar-refractivity contribution in [2.75, 3.05) is 0 Å². The summed E-state index contributed by atoms with van der Waals surface area (Å²) in [5.74, 6) is 3.06. The van der Waals surface area contributed by atoms with Crippen molar-refractivity contribution in [2.24, 2.45) is 17.8 Å². The molecule has 0 aromatic heterocycles. The lowest BCUT2D eigenvalue weighted by atomic mass is 9.83. The minimum absolute atomic E-state index is 0.772. The van der Waals surface area contributed by atoms with Crippen molar-refractivity contribution in [3.05, 3.63) is 0 Å². The van der Waals surface area contributed by atoms with E-state index in [0.717, 1.165) is 30.6 Å². The van der Waals surface area contributed by atoms with Crippen molar-refractivity contribution in [1.29, 1.82) is 5.26 Å². The Labute approximate surface area is 93.9 Å². The molecule has 0 amide bonds. The van der Waals surface area contributed by atoms with Gasteiger partial charge in [0.05, 0.1) is 6.07 Å². The highest BCUT2D eigenvalue weighted by Gasteiger charge is 2.35. The van der Waals surface area contributed by atoms with Crippen molar-refractivity contribution in [2.45, 2.75) is 64.2 Å². The SMILES string of the molecule is N#CCCC[C@H]1CC[C@@H]2CCCCC[C@@H]12. The predicted octanol–water partition coefficient (Wildman–Crippen LogP) is 4.29. The summed E-state index contributed by atoms with van der Waals surface area (Å²) in [6, 6.07) is 2.28. The maximum absolute atomic E-state index is 8.57. The van der Waals surface area contributed by atoms with Gasteiger partial charge in [-0.05, 0) is 49.9 Å². The first kappa shape index (κ1) is 11.0. The smallest absolute Gasteiger partial charge is 0.0621 e. The van der Waals surface area contributed by atoms with E-state index in [1.165, 1.54) is 51.4 Å². The van der Waals surface area contributed by atoms with E-state index in [-0.39, 0.29) is 0 Å². The van der Waals surface area contributed by atoms with Crippen LogP contribution in [0, 0.1) is 29.1 Å². The van der Waals surface area contributed by atoms with Crippen molar-refractivity contribution in [3.63, 3.8) is 0 Å². The topological polar surface area (TPSA) is 23.8 Å². The molecule has 0 saturated heterocycles. The fourth-order valence-electron chi connectivity index (χ4n) is 3.84. The van der Waals surface area contributed by atoms with Gasteiger partial charge in [-0.25, -0.2) is 0 Å². The number of unbranched alkanes of at least 4 members (excludes halogenated alkanes) is 1. The predicted molar refractivity (Wildman–Crippen MR) is 62.3 cm³/mol. The van der Waals surface area contributed by atoms with Crippen LogP contribution in [0.15, 0.2) is 0 Å². The largest absolute Gasteiger partial charge is 0.198 e. The second-order valence-electron chi connectivity index (χ2n) is 5.45. The first-order valence-electron chi connectivity index (χ1n) is 6.79. The van der Waals surface area contributed by atoms with Crippen molar-refractivity contribution in [1.82, 2.24) is 0 Å². The molecule has 2 fully saturated rings. The quantitative estimate of drug-likeness (QED) is 0.631. The van der Waals surface area contributed by atoms with E-state index in [1.54, 1.807) is 0 Å². The lowest BCUT2D eigenvalue weighted by molar-refractivity contribution is 0.279. The molecular weight excluding hydrogens is 182 g/mol. The molecule has 0 radical (unpaired) electrons. The first-order valence-corrected chi connectivity index (χ1v) is 6.79. The highest BCUT2D eigenvalue weighted by atomic mass is 14.4. The summed E-state index contributed by atoms with van der Waals surface area (Å²) < 4.78 is 0. The van der Waals surface area contributed by atoms with Gasteiger partial charge in [-0.1, -0.05) is 25.7 Å². The van der Waals surface area contributed by atoms with Crippen LogP contribution in [0.3, 0.4) is 0 Å². The Morgan fingerprint density at radius 3 is 2.73 bits per heavy atom. The zero-order chi connectivity index (χ0) is 10.5. The van der Waals surface area contributed by atoms with Gasteiger partial charge in [0.15, 0.2) is 0 Å². The second kappa shape index (κ2) is 5.54. The minimum atomic E-state index is 0.772. The molecule has 0 spiro atoms. The van der Waals surface area contributed by atoms with Gasteiger partial charge in [-0.3, -0.25) is 0 Å². The van der Waals surface area contributed by atoms with Gasteiger partial charge in [0.25, 0.3) is 0 Å². The highest BCUT2D eigenvalue weighted by Crippen LogP contribution is 2.46. The lowest BCUT2D eigenvalue weighted by Gasteiger charge is -2.22. The van der Waals surface area contributed by atoms with Crippen molar-refractivity contribution < 1.29 is 0 Å². The molecule has 0 heterocycles. The van der Waals surface area contributed by atoms with Crippen LogP contribution in [0.2, 0.25) is 0 Å². The van der Waals surface area contributed by atoms with Gasteiger partial charge in [-0.2, -0.15) is 5.26 Å². The van der Waals surface area contributed by atoms with Crippen LogP contribution >= 0.6 is 0 Å². The van der Waals surface area contributed by atoms with Crippen LogP contribution in [-0.2, 0) is 0 Å². The third-order valence-electron chi connectivity index (χ3n) is 4.60. The van der Waals surface area contributed by atoms with Crippen LogP contribution in [0.5, 0.6) is 0 Å². The molecule has 84 valence electrons. The number of hydrogen-bond acceptors (Lipinski definition) is 1. The standard InChI is InChI=1S/C14H23N/c15-11-5-4-7-13-10-9-12-6-2-1-3-8-14(12)13/h12-14H,1-10H2/t12-,13-,14+/m0/s1. The monoisotopic (exact) mass is 205 g/mol. The van der Waals surface area contributed by atoms with E-state index in [9.17, 15) is 0 Å². The summed E-state index contributed by atoms with van der Waals surface area (Å²) in [7, 11) is 0. The molecule has 0 aliphatic heterocycles. The summed E-state index contributed by atoms with van der Waals surface area (Å²) in [5.41, 5.74) is 0. The molecule has 2 aliphatic rings. The normalized spacial score (nSPS) is 35.5. The van der Waals surface area contributed by atoms with Crippen LogP contribution in [0.1, 0.15) is 64.2 Å². The Hall–Kier alpha value is -0.510. The number of fused-ring (bicyclic) bond motifs is 1. The summed E-state index contributed by atoms with van der Waals surface area (Å²) in [4.78, 5) is 0. The molecule has 0 N–H and O–H groups in total. The molecule has 2 rings (SSSR count). The van der Waals surface area contributed by atoms with E-state index in [2.05, 4.69) is 6.07 Å². The first-order chi connectivity index (χ1) is 7.42. The van der Waals surface area contributed by atoms with Gasteiger partial charge in [0, 0.05) is 6.42 Å². The second-order valence-corrected chi connectivity index (χ2v) is 5.45. The molecule has 0 aromatic rings. The number of rotatable bonds is 3. The molecule has 1 nitrogen and oxygen atoms in total. The molecule has 1 heteroatoms. The van der Waals surface area contributed by atoms with Gasteiger partial charge in [0.2, 0.25) is 0 Å². The Balaban J connectivity index is 1.83. The Bertz CT molecular complexity index is 228. The molecule has 0 bridgehead atoms. The number of nitrogens with zero attached hydrogens (tertiary/aromatic N) is 1. The number of nitriles is 1. The average molecular weight is 205 g/mol. The van der Waals surface area contributed by atoms with Crippen LogP contribution in [-0.4, -0.2) is 0 Å². The minimum Gasteiger partial charge on any atom is -0.198 e. The third-order valence-corrected chi connectivity index (χ3v) is 4.60. The molecule has 2 saturated carbocycles.